The number of fused-ring (bicyclic) bond motifs is 1. The summed E-state index contributed by atoms with van der Waals surface area (Å²) in [6.45, 7) is 2.14. The Morgan fingerprint density at radius 1 is 1.54 bits per heavy atom. The van der Waals surface area contributed by atoms with Crippen molar-refractivity contribution in [3.63, 3.8) is 0 Å². The molecule has 0 spiro atoms. The van der Waals surface area contributed by atoms with Crippen LogP contribution in [0.4, 0.5) is 0 Å². The van der Waals surface area contributed by atoms with Crippen LogP contribution in [-0.4, -0.2) is 4.98 Å². The number of aromatic nitrogens is 1. The Morgan fingerprint density at radius 3 is 3.23 bits per heavy atom. The Labute approximate surface area is 81.7 Å². The first-order valence-corrected chi connectivity index (χ1v) is 5.23. The van der Waals surface area contributed by atoms with Crippen molar-refractivity contribution >= 4 is 27.6 Å². The van der Waals surface area contributed by atoms with Crippen molar-refractivity contribution in [1.29, 1.82) is 0 Å². The molecule has 1 nitrogen and oxygen atoms in total. The average Bonchev–Trinajstić information content (AvgIpc) is 2.57. The van der Waals surface area contributed by atoms with Crippen molar-refractivity contribution in [1.82, 2.24) is 4.98 Å². The van der Waals surface area contributed by atoms with Gasteiger partial charge in [-0.25, -0.2) is 4.98 Å². The van der Waals surface area contributed by atoms with E-state index in [1.54, 1.807) is 11.3 Å². The molecular formula is C11H11NS. The highest BCUT2D eigenvalue weighted by molar-refractivity contribution is 7.19. The molecule has 0 saturated carbocycles. The van der Waals surface area contributed by atoms with Gasteiger partial charge in [0.2, 0.25) is 0 Å². The van der Waals surface area contributed by atoms with E-state index >= 15 is 0 Å². The number of thiophene rings is 1. The second kappa shape index (κ2) is 3.71. The number of rotatable bonds is 2. The minimum Gasteiger partial charge on any atom is -0.245 e. The molecule has 0 aliphatic heterocycles. The van der Waals surface area contributed by atoms with Gasteiger partial charge in [-0.2, -0.15) is 0 Å². The van der Waals surface area contributed by atoms with Gasteiger partial charge in [0, 0.05) is 16.5 Å². The monoisotopic (exact) mass is 189 g/mol. The molecule has 0 amide bonds. The molecule has 2 aromatic rings. The minimum atomic E-state index is 1.08. The molecule has 2 aromatic heterocycles. The predicted molar refractivity (Wildman–Crippen MR) is 58.9 cm³/mol. The fraction of sp³-hybridized carbons (Fsp3) is 0.182. The molecule has 13 heavy (non-hydrogen) atoms. The van der Waals surface area contributed by atoms with Crippen LogP contribution in [0.15, 0.2) is 30.5 Å². The van der Waals surface area contributed by atoms with Crippen LogP contribution in [0.3, 0.4) is 0 Å². The van der Waals surface area contributed by atoms with E-state index in [9.17, 15) is 0 Å². The first-order chi connectivity index (χ1) is 6.40. The molecule has 0 saturated heterocycles. The van der Waals surface area contributed by atoms with Crippen molar-refractivity contribution in [2.24, 2.45) is 0 Å². The van der Waals surface area contributed by atoms with Crippen LogP contribution in [0.25, 0.3) is 16.3 Å². The highest BCUT2D eigenvalue weighted by Crippen LogP contribution is 2.24. The molecule has 66 valence electrons. The van der Waals surface area contributed by atoms with Crippen LogP contribution >= 0.6 is 11.3 Å². The van der Waals surface area contributed by atoms with Crippen molar-refractivity contribution < 1.29 is 0 Å². The number of hydrogen-bond donors (Lipinski definition) is 0. The molecule has 2 rings (SSSR count). The zero-order chi connectivity index (χ0) is 9.10. The molecule has 0 unspecified atom stereocenters. The average molecular weight is 189 g/mol. The second-order valence-corrected chi connectivity index (χ2v) is 3.92. The van der Waals surface area contributed by atoms with Gasteiger partial charge in [0.05, 0.1) is 0 Å². The van der Waals surface area contributed by atoms with E-state index in [4.69, 9.17) is 0 Å². The van der Waals surface area contributed by atoms with Crippen LogP contribution in [0.5, 0.6) is 0 Å². The lowest BCUT2D eigenvalue weighted by Crippen LogP contribution is -1.65. The molecule has 0 radical (unpaired) electrons. The first-order valence-electron chi connectivity index (χ1n) is 4.41. The van der Waals surface area contributed by atoms with E-state index < -0.39 is 0 Å². The smallest absolute Gasteiger partial charge is 0.123 e. The van der Waals surface area contributed by atoms with E-state index in [1.807, 2.05) is 12.3 Å². The summed E-state index contributed by atoms with van der Waals surface area (Å²) in [6, 6.07) is 6.25. The van der Waals surface area contributed by atoms with Crippen LogP contribution in [-0.2, 0) is 0 Å². The molecule has 0 N–H and O–H groups in total. The van der Waals surface area contributed by atoms with Crippen molar-refractivity contribution in [3.05, 3.63) is 35.3 Å². The van der Waals surface area contributed by atoms with Crippen molar-refractivity contribution in [3.8, 4) is 0 Å². The summed E-state index contributed by atoms with van der Waals surface area (Å²) in [5.74, 6) is 0. The largest absolute Gasteiger partial charge is 0.245 e. The third kappa shape index (κ3) is 1.78. The fourth-order valence-electron chi connectivity index (χ4n) is 1.21. The summed E-state index contributed by atoms with van der Waals surface area (Å²) in [5.41, 5.74) is 0. The highest BCUT2D eigenvalue weighted by Gasteiger charge is 1.97. The Hall–Kier alpha value is -1.15. The van der Waals surface area contributed by atoms with Gasteiger partial charge >= 0.3 is 0 Å². The molecule has 0 bridgehead atoms. The Balaban J connectivity index is 2.44. The van der Waals surface area contributed by atoms with Gasteiger partial charge in [0.15, 0.2) is 0 Å². The van der Waals surface area contributed by atoms with Gasteiger partial charge in [-0.1, -0.05) is 19.1 Å². The number of hydrogen-bond acceptors (Lipinski definition) is 2. The maximum atomic E-state index is 4.29. The lowest BCUT2D eigenvalue weighted by molar-refractivity contribution is 1.23. The summed E-state index contributed by atoms with van der Waals surface area (Å²) < 4.78 is 0. The molecule has 0 aliphatic carbocycles. The summed E-state index contributed by atoms with van der Waals surface area (Å²) in [7, 11) is 0. The van der Waals surface area contributed by atoms with E-state index in [0.717, 1.165) is 11.3 Å². The van der Waals surface area contributed by atoms with Crippen molar-refractivity contribution in [2.45, 2.75) is 13.3 Å². The van der Waals surface area contributed by atoms with E-state index in [-0.39, 0.29) is 0 Å². The predicted octanol–water partition coefficient (Wildman–Crippen LogP) is 3.72. The maximum Gasteiger partial charge on any atom is 0.123 e. The molecule has 2 heterocycles. The Morgan fingerprint density at radius 2 is 2.46 bits per heavy atom. The zero-order valence-corrected chi connectivity index (χ0v) is 8.34. The summed E-state index contributed by atoms with van der Waals surface area (Å²) >= 11 is 1.74. The van der Waals surface area contributed by atoms with Crippen molar-refractivity contribution in [2.75, 3.05) is 0 Å². The highest BCUT2D eigenvalue weighted by atomic mass is 32.1. The van der Waals surface area contributed by atoms with Crippen LogP contribution in [0, 0.1) is 0 Å². The number of nitrogens with zero attached hydrogens (tertiary/aromatic N) is 1. The van der Waals surface area contributed by atoms with Gasteiger partial charge in [-0.05, 0) is 24.6 Å². The van der Waals surface area contributed by atoms with Crippen LogP contribution in [0.1, 0.15) is 18.2 Å². The number of allylic oxidation sites excluding steroid dienone is 1. The minimum absolute atomic E-state index is 1.08. The second-order valence-electron chi connectivity index (χ2n) is 2.86. The Kier molecular flexibility index (Phi) is 2.41. The number of pyridine rings is 1. The maximum absolute atomic E-state index is 4.29. The summed E-state index contributed by atoms with van der Waals surface area (Å²) in [4.78, 5) is 6.71. The zero-order valence-electron chi connectivity index (χ0n) is 7.53. The van der Waals surface area contributed by atoms with Gasteiger partial charge in [0.25, 0.3) is 0 Å². The molecule has 0 atom stereocenters. The molecule has 0 fully saturated rings. The summed E-state index contributed by atoms with van der Waals surface area (Å²) in [5, 5.41) is 1.24. The first kappa shape index (κ1) is 8.45. The third-order valence-corrected chi connectivity index (χ3v) is 2.85. The van der Waals surface area contributed by atoms with Crippen LogP contribution < -0.4 is 0 Å². The van der Waals surface area contributed by atoms with Gasteiger partial charge in [-0.3, -0.25) is 0 Å². The standard InChI is InChI=1S/C11H11NS/c1-2-3-6-10-8-9-5-4-7-12-11(9)13-10/h3-8H,2H2,1H3/b6-3+. The molecular weight excluding hydrogens is 178 g/mol. The molecule has 0 aliphatic rings. The Bertz CT molecular complexity index is 395. The molecule has 0 aromatic carbocycles. The lowest BCUT2D eigenvalue weighted by Gasteiger charge is -1.81. The normalized spacial score (nSPS) is 11.5. The van der Waals surface area contributed by atoms with Gasteiger partial charge in [0.1, 0.15) is 4.83 Å². The van der Waals surface area contributed by atoms with E-state index in [2.05, 4.69) is 36.2 Å². The topological polar surface area (TPSA) is 12.9 Å². The van der Waals surface area contributed by atoms with Gasteiger partial charge < -0.3 is 0 Å². The summed E-state index contributed by atoms with van der Waals surface area (Å²) in [6.07, 6.45) is 7.25. The quantitative estimate of drug-likeness (QED) is 0.701. The van der Waals surface area contributed by atoms with Gasteiger partial charge in [-0.15, -0.1) is 11.3 Å². The lowest BCUT2D eigenvalue weighted by atomic mass is 10.3. The SMILES string of the molecule is CC/C=C/c1cc2cccnc2s1. The third-order valence-electron chi connectivity index (χ3n) is 1.83. The fourth-order valence-corrected chi connectivity index (χ4v) is 2.14. The molecule has 2 heteroatoms. The van der Waals surface area contributed by atoms with E-state index in [0.29, 0.717) is 0 Å². The van der Waals surface area contributed by atoms with E-state index in [1.165, 1.54) is 10.3 Å². The van der Waals surface area contributed by atoms with Crippen LogP contribution in [0.2, 0.25) is 0 Å².